The maximum Gasteiger partial charge on any atom is 0.0953 e. The second kappa shape index (κ2) is 8.32. The normalized spacial score (nSPS) is 12.3. The van der Waals surface area contributed by atoms with Gasteiger partial charge in [-0.3, -0.25) is 0 Å². The van der Waals surface area contributed by atoms with Crippen molar-refractivity contribution in [3.63, 3.8) is 0 Å². The molecule has 2 rings (SSSR count). The number of ether oxygens (including phenoxy) is 1. The number of benzene rings is 2. The summed E-state index contributed by atoms with van der Waals surface area (Å²) in [6, 6.07) is 16.7. The van der Waals surface area contributed by atoms with E-state index in [1.165, 1.54) is 16.7 Å². The highest BCUT2D eigenvalue weighted by Crippen LogP contribution is 2.22. The van der Waals surface area contributed by atoms with Gasteiger partial charge in [-0.1, -0.05) is 70.9 Å². The van der Waals surface area contributed by atoms with Gasteiger partial charge < -0.3 is 10.1 Å². The molecular formula is C18H22BrNO. The van der Waals surface area contributed by atoms with Crippen LogP contribution in [-0.2, 0) is 11.3 Å². The predicted octanol–water partition coefficient (Wildman–Crippen LogP) is 4.62. The van der Waals surface area contributed by atoms with Crippen LogP contribution >= 0.6 is 15.9 Å². The smallest absolute Gasteiger partial charge is 0.0953 e. The highest BCUT2D eigenvalue weighted by atomic mass is 79.9. The summed E-state index contributed by atoms with van der Waals surface area (Å²) in [5, 5.41) is 3.38. The molecule has 2 nitrogen and oxygen atoms in total. The van der Waals surface area contributed by atoms with E-state index in [1.54, 1.807) is 0 Å². The van der Waals surface area contributed by atoms with E-state index < -0.39 is 0 Å². The van der Waals surface area contributed by atoms with Gasteiger partial charge in [0, 0.05) is 11.0 Å². The Kier molecular flexibility index (Phi) is 6.43. The Balaban J connectivity index is 2.08. The molecule has 0 fully saturated rings. The SMILES string of the molecule is CCNCC(OCc1ccccc1Br)c1cccc(C)c1. The third kappa shape index (κ3) is 4.95. The van der Waals surface area contributed by atoms with Crippen molar-refractivity contribution in [2.24, 2.45) is 0 Å². The second-order valence-corrected chi connectivity index (χ2v) is 5.97. The first kappa shape index (κ1) is 16.2. The topological polar surface area (TPSA) is 21.3 Å². The molecule has 0 spiro atoms. The quantitative estimate of drug-likeness (QED) is 0.788. The molecular weight excluding hydrogens is 326 g/mol. The summed E-state index contributed by atoms with van der Waals surface area (Å²) in [6.45, 7) is 6.60. The number of halogens is 1. The van der Waals surface area contributed by atoms with Crippen molar-refractivity contribution >= 4 is 15.9 Å². The Morgan fingerprint density at radius 2 is 1.95 bits per heavy atom. The lowest BCUT2D eigenvalue weighted by Gasteiger charge is -2.19. The maximum atomic E-state index is 6.16. The molecule has 0 bridgehead atoms. The van der Waals surface area contributed by atoms with Gasteiger partial charge in [-0.05, 0) is 30.7 Å². The number of rotatable bonds is 7. The molecule has 2 aromatic rings. The van der Waals surface area contributed by atoms with Crippen molar-refractivity contribution in [3.05, 3.63) is 69.7 Å². The van der Waals surface area contributed by atoms with Gasteiger partial charge in [0.25, 0.3) is 0 Å². The van der Waals surface area contributed by atoms with Crippen LogP contribution in [0.25, 0.3) is 0 Å². The van der Waals surface area contributed by atoms with Gasteiger partial charge in [-0.2, -0.15) is 0 Å². The Morgan fingerprint density at radius 1 is 1.14 bits per heavy atom. The van der Waals surface area contributed by atoms with Crippen LogP contribution < -0.4 is 5.32 Å². The predicted molar refractivity (Wildman–Crippen MR) is 91.4 cm³/mol. The van der Waals surface area contributed by atoms with Crippen molar-refractivity contribution in [1.29, 1.82) is 0 Å². The van der Waals surface area contributed by atoms with E-state index in [2.05, 4.69) is 65.4 Å². The molecule has 1 N–H and O–H groups in total. The molecule has 112 valence electrons. The molecule has 0 aliphatic carbocycles. The zero-order chi connectivity index (χ0) is 15.1. The molecule has 3 heteroatoms. The van der Waals surface area contributed by atoms with Crippen LogP contribution in [0.4, 0.5) is 0 Å². The summed E-state index contributed by atoms with van der Waals surface area (Å²) in [6.07, 6.45) is 0.0666. The van der Waals surface area contributed by atoms with E-state index >= 15 is 0 Å². The summed E-state index contributed by atoms with van der Waals surface area (Å²) in [4.78, 5) is 0. The summed E-state index contributed by atoms with van der Waals surface area (Å²) in [5.74, 6) is 0. The fourth-order valence-corrected chi connectivity index (χ4v) is 2.62. The van der Waals surface area contributed by atoms with Crippen LogP contribution in [0, 0.1) is 6.92 Å². The highest BCUT2D eigenvalue weighted by Gasteiger charge is 2.12. The first-order chi connectivity index (χ1) is 10.2. The Labute approximate surface area is 135 Å². The molecule has 0 aromatic heterocycles. The summed E-state index contributed by atoms with van der Waals surface area (Å²) in [5.41, 5.74) is 3.66. The lowest BCUT2D eigenvalue weighted by Crippen LogP contribution is -2.23. The molecule has 0 aliphatic rings. The van der Waals surface area contributed by atoms with Crippen molar-refractivity contribution in [3.8, 4) is 0 Å². The van der Waals surface area contributed by atoms with Crippen LogP contribution in [0.1, 0.15) is 29.7 Å². The van der Waals surface area contributed by atoms with Gasteiger partial charge in [0.1, 0.15) is 0 Å². The molecule has 0 heterocycles. The highest BCUT2D eigenvalue weighted by molar-refractivity contribution is 9.10. The standard InChI is InChI=1S/C18H22BrNO/c1-3-20-12-18(15-9-6-7-14(2)11-15)21-13-16-8-4-5-10-17(16)19/h4-11,18,20H,3,12-13H2,1-2H3. The van der Waals surface area contributed by atoms with Crippen molar-refractivity contribution < 1.29 is 4.74 Å². The summed E-state index contributed by atoms with van der Waals surface area (Å²) < 4.78 is 7.25. The Morgan fingerprint density at radius 3 is 2.67 bits per heavy atom. The Bertz CT molecular complexity index is 571. The Hall–Kier alpha value is -1.16. The van der Waals surface area contributed by atoms with Crippen LogP contribution in [0.2, 0.25) is 0 Å². The number of hydrogen-bond donors (Lipinski definition) is 1. The lowest BCUT2D eigenvalue weighted by molar-refractivity contribution is 0.0398. The number of likely N-dealkylation sites (N-methyl/N-ethyl adjacent to an activating group) is 1. The first-order valence-corrected chi connectivity index (χ1v) is 8.12. The molecule has 0 saturated heterocycles. The van der Waals surface area contributed by atoms with E-state index in [9.17, 15) is 0 Å². The molecule has 0 amide bonds. The van der Waals surface area contributed by atoms with Gasteiger partial charge in [0.2, 0.25) is 0 Å². The van der Waals surface area contributed by atoms with E-state index in [-0.39, 0.29) is 6.10 Å². The number of hydrogen-bond acceptors (Lipinski definition) is 2. The van der Waals surface area contributed by atoms with Crippen LogP contribution in [-0.4, -0.2) is 13.1 Å². The molecule has 0 radical (unpaired) electrons. The molecule has 1 atom stereocenters. The minimum Gasteiger partial charge on any atom is -0.367 e. The van der Waals surface area contributed by atoms with Crippen molar-refractivity contribution in [1.82, 2.24) is 5.32 Å². The molecule has 0 aliphatic heterocycles. The lowest BCUT2D eigenvalue weighted by atomic mass is 10.1. The van der Waals surface area contributed by atoms with Gasteiger partial charge in [-0.15, -0.1) is 0 Å². The second-order valence-electron chi connectivity index (χ2n) is 5.11. The van der Waals surface area contributed by atoms with Crippen LogP contribution in [0.3, 0.4) is 0 Å². The van der Waals surface area contributed by atoms with E-state index in [0.717, 1.165) is 17.6 Å². The average molecular weight is 348 g/mol. The molecule has 21 heavy (non-hydrogen) atoms. The van der Waals surface area contributed by atoms with E-state index in [0.29, 0.717) is 6.61 Å². The molecule has 2 aromatic carbocycles. The zero-order valence-electron chi connectivity index (χ0n) is 12.6. The van der Waals surface area contributed by atoms with Gasteiger partial charge >= 0.3 is 0 Å². The molecule has 0 saturated carbocycles. The summed E-state index contributed by atoms with van der Waals surface area (Å²) in [7, 11) is 0. The molecule has 1 unspecified atom stereocenters. The third-order valence-electron chi connectivity index (χ3n) is 3.39. The fraction of sp³-hybridized carbons (Fsp3) is 0.333. The van der Waals surface area contributed by atoms with Crippen LogP contribution in [0.15, 0.2) is 53.0 Å². The van der Waals surface area contributed by atoms with Gasteiger partial charge in [0.15, 0.2) is 0 Å². The minimum absolute atomic E-state index is 0.0666. The van der Waals surface area contributed by atoms with Crippen LogP contribution in [0.5, 0.6) is 0 Å². The van der Waals surface area contributed by atoms with Crippen molar-refractivity contribution in [2.45, 2.75) is 26.6 Å². The van der Waals surface area contributed by atoms with E-state index in [4.69, 9.17) is 4.74 Å². The first-order valence-electron chi connectivity index (χ1n) is 7.33. The van der Waals surface area contributed by atoms with Gasteiger partial charge in [0.05, 0.1) is 12.7 Å². The maximum absolute atomic E-state index is 6.16. The largest absolute Gasteiger partial charge is 0.367 e. The third-order valence-corrected chi connectivity index (χ3v) is 4.17. The monoisotopic (exact) mass is 347 g/mol. The van der Waals surface area contributed by atoms with E-state index in [1.807, 2.05) is 18.2 Å². The van der Waals surface area contributed by atoms with Gasteiger partial charge in [-0.25, -0.2) is 0 Å². The number of aryl methyl sites for hydroxylation is 1. The minimum atomic E-state index is 0.0666. The van der Waals surface area contributed by atoms with Crippen molar-refractivity contribution in [2.75, 3.05) is 13.1 Å². The summed E-state index contributed by atoms with van der Waals surface area (Å²) >= 11 is 3.57. The average Bonchev–Trinajstić information content (AvgIpc) is 2.49. The fourth-order valence-electron chi connectivity index (χ4n) is 2.22. The zero-order valence-corrected chi connectivity index (χ0v) is 14.2. The number of nitrogens with one attached hydrogen (secondary N) is 1.